The van der Waals surface area contributed by atoms with Gasteiger partial charge in [0.05, 0.1) is 17.0 Å². The van der Waals surface area contributed by atoms with Crippen molar-refractivity contribution in [1.82, 2.24) is 9.38 Å². The molecule has 0 aliphatic rings. The summed E-state index contributed by atoms with van der Waals surface area (Å²) in [4.78, 5) is 15.3. The Morgan fingerprint density at radius 1 is 1.09 bits per heavy atom. The number of carbonyl (C=O) groups is 1. The average molecular weight is 304 g/mol. The Hall–Kier alpha value is -2.63. The standard InChI is InChI=1S/C16H11F3N2O/c17-16(18,19)14-6-2-1-4-11(14)8-12-9-21-13(10-22)5-3-7-15(21)20-12/h1-7,9-10H,8H2. The van der Waals surface area contributed by atoms with Crippen LogP contribution in [0.5, 0.6) is 0 Å². The van der Waals surface area contributed by atoms with Gasteiger partial charge in [-0.2, -0.15) is 13.2 Å². The third-order valence-corrected chi connectivity index (χ3v) is 3.39. The normalized spacial score (nSPS) is 11.8. The number of imidazole rings is 1. The van der Waals surface area contributed by atoms with Crippen molar-refractivity contribution in [2.24, 2.45) is 0 Å². The van der Waals surface area contributed by atoms with Gasteiger partial charge in [0.15, 0.2) is 6.29 Å². The third-order valence-electron chi connectivity index (χ3n) is 3.39. The lowest BCUT2D eigenvalue weighted by atomic mass is 10.0. The van der Waals surface area contributed by atoms with E-state index in [1.165, 1.54) is 12.1 Å². The fourth-order valence-electron chi connectivity index (χ4n) is 2.41. The Morgan fingerprint density at radius 2 is 1.86 bits per heavy atom. The summed E-state index contributed by atoms with van der Waals surface area (Å²) < 4.78 is 40.6. The van der Waals surface area contributed by atoms with Crippen molar-refractivity contribution in [2.45, 2.75) is 12.6 Å². The zero-order valence-electron chi connectivity index (χ0n) is 11.3. The van der Waals surface area contributed by atoms with Crippen LogP contribution in [0, 0.1) is 0 Å². The second-order valence-electron chi connectivity index (χ2n) is 4.86. The number of hydrogen-bond acceptors (Lipinski definition) is 2. The van der Waals surface area contributed by atoms with E-state index in [4.69, 9.17) is 0 Å². The molecule has 2 aromatic heterocycles. The molecule has 0 atom stereocenters. The van der Waals surface area contributed by atoms with Crippen LogP contribution in [0.4, 0.5) is 13.2 Å². The zero-order chi connectivity index (χ0) is 15.7. The molecule has 3 aromatic rings. The molecule has 0 unspecified atom stereocenters. The van der Waals surface area contributed by atoms with Gasteiger partial charge in [0.2, 0.25) is 0 Å². The maximum Gasteiger partial charge on any atom is 0.416 e. The summed E-state index contributed by atoms with van der Waals surface area (Å²) in [5.41, 5.74) is 0.907. The number of carbonyl (C=O) groups excluding carboxylic acids is 1. The maximum absolute atomic E-state index is 13.0. The number of fused-ring (bicyclic) bond motifs is 1. The second-order valence-corrected chi connectivity index (χ2v) is 4.86. The first-order chi connectivity index (χ1) is 10.5. The predicted octanol–water partition coefficient (Wildman–Crippen LogP) is 3.76. The van der Waals surface area contributed by atoms with E-state index < -0.39 is 11.7 Å². The number of pyridine rings is 1. The van der Waals surface area contributed by atoms with Crippen LogP contribution in [0.25, 0.3) is 5.65 Å². The number of nitrogens with zero attached hydrogens (tertiary/aromatic N) is 2. The fourth-order valence-corrected chi connectivity index (χ4v) is 2.41. The van der Waals surface area contributed by atoms with Gasteiger partial charge in [-0.3, -0.25) is 9.20 Å². The number of aromatic nitrogens is 2. The van der Waals surface area contributed by atoms with Crippen LogP contribution >= 0.6 is 0 Å². The molecule has 2 heterocycles. The van der Waals surface area contributed by atoms with Gasteiger partial charge in [-0.05, 0) is 23.8 Å². The number of alkyl halides is 3. The lowest BCUT2D eigenvalue weighted by molar-refractivity contribution is -0.138. The molecule has 1 aromatic carbocycles. The Bertz CT molecular complexity index is 837. The molecule has 3 nitrogen and oxygen atoms in total. The first kappa shape index (κ1) is 14.3. The average Bonchev–Trinajstić information content (AvgIpc) is 2.88. The first-order valence-corrected chi connectivity index (χ1v) is 6.56. The molecule has 0 saturated heterocycles. The molecule has 0 spiro atoms. The van der Waals surface area contributed by atoms with E-state index in [0.29, 0.717) is 23.3 Å². The highest BCUT2D eigenvalue weighted by atomic mass is 19.4. The molecule has 0 radical (unpaired) electrons. The summed E-state index contributed by atoms with van der Waals surface area (Å²) in [7, 11) is 0. The van der Waals surface area contributed by atoms with Gasteiger partial charge in [0.1, 0.15) is 5.65 Å². The van der Waals surface area contributed by atoms with Crippen LogP contribution in [-0.4, -0.2) is 15.7 Å². The lowest BCUT2D eigenvalue weighted by Crippen LogP contribution is -2.09. The molecule has 112 valence electrons. The van der Waals surface area contributed by atoms with Crippen LogP contribution in [0.3, 0.4) is 0 Å². The quantitative estimate of drug-likeness (QED) is 0.691. The molecule has 0 N–H and O–H groups in total. The molecule has 0 aliphatic heterocycles. The monoisotopic (exact) mass is 304 g/mol. The number of hydrogen-bond donors (Lipinski definition) is 0. The van der Waals surface area contributed by atoms with Gasteiger partial charge >= 0.3 is 6.18 Å². The SMILES string of the molecule is O=Cc1cccc2nc(Cc3ccccc3C(F)(F)F)cn12. The summed E-state index contributed by atoms with van der Waals surface area (Å²) >= 11 is 0. The highest BCUT2D eigenvalue weighted by Crippen LogP contribution is 2.32. The summed E-state index contributed by atoms with van der Waals surface area (Å²) in [6, 6.07) is 10.4. The highest BCUT2D eigenvalue weighted by Gasteiger charge is 2.32. The molecule has 0 fully saturated rings. The largest absolute Gasteiger partial charge is 0.416 e. The maximum atomic E-state index is 13.0. The summed E-state index contributed by atoms with van der Waals surface area (Å²) in [6.07, 6.45) is -2.08. The van der Waals surface area contributed by atoms with Crippen molar-refractivity contribution in [3.8, 4) is 0 Å². The van der Waals surface area contributed by atoms with Crippen molar-refractivity contribution in [3.05, 3.63) is 71.2 Å². The molecule has 0 saturated carbocycles. The van der Waals surface area contributed by atoms with E-state index in [1.54, 1.807) is 34.9 Å². The second kappa shape index (κ2) is 5.29. The smallest absolute Gasteiger partial charge is 0.297 e. The van der Waals surface area contributed by atoms with E-state index in [0.717, 1.165) is 6.07 Å². The van der Waals surface area contributed by atoms with Crippen molar-refractivity contribution >= 4 is 11.9 Å². The number of benzene rings is 1. The van der Waals surface area contributed by atoms with Crippen LogP contribution in [0.2, 0.25) is 0 Å². The van der Waals surface area contributed by atoms with Crippen LogP contribution < -0.4 is 0 Å². The first-order valence-electron chi connectivity index (χ1n) is 6.56. The Morgan fingerprint density at radius 3 is 2.59 bits per heavy atom. The predicted molar refractivity (Wildman–Crippen MR) is 74.8 cm³/mol. The van der Waals surface area contributed by atoms with Crippen LogP contribution in [0.15, 0.2) is 48.7 Å². The van der Waals surface area contributed by atoms with E-state index in [2.05, 4.69) is 4.98 Å². The summed E-state index contributed by atoms with van der Waals surface area (Å²) in [5.74, 6) is 0. The lowest BCUT2D eigenvalue weighted by Gasteiger charge is -2.11. The van der Waals surface area contributed by atoms with E-state index in [9.17, 15) is 18.0 Å². The topological polar surface area (TPSA) is 34.4 Å². The molecule has 22 heavy (non-hydrogen) atoms. The zero-order valence-corrected chi connectivity index (χ0v) is 11.3. The Balaban J connectivity index is 2.03. The fraction of sp³-hybridized carbons (Fsp3) is 0.125. The van der Waals surface area contributed by atoms with Gasteiger partial charge in [0.25, 0.3) is 0 Å². The van der Waals surface area contributed by atoms with E-state index in [1.807, 2.05) is 0 Å². The van der Waals surface area contributed by atoms with E-state index in [-0.39, 0.29) is 12.0 Å². The van der Waals surface area contributed by atoms with Gasteiger partial charge in [0, 0.05) is 12.6 Å². The molecular formula is C16H11F3N2O. The molecule has 0 amide bonds. The van der Waals surface area contributed by atoms with Gasteiger partial charge in [-0.1, -0.05) is 24.3 Å². The minimum absolute atomic E-state index is 0.0513. The summed E-state index contributed by atoms with van der Waals surface area (Å²) in [5, 5.41) is 0. The summed E-state index contributed by atoms with van der Waals surface area (Å²) in [6.45, 7) is 0. The molecule has 6 heteroatoms. The number of rotatable bonds is 3. The van der Waals surface area contributed by atoms with Crippen LogP contribution in [0.1, 0.15) is 27.3 Å². The third kappa shape index (κ3) is 2.59. The molecule has 3 rings (SSSR count). The van der Waals surface area contributed by atoms with Gasteiger partial charge in [-0.15, -0.1) is 0 Å². The molecular weight excluding hydrogens is 293 g/mol. The number of aldehydes is 1. The van der Waals surface area contributed by atoms with E-state index >= 15 is 0 Å². The van der Waals surface area contributed by atoms with Crippen molar-refractivity contribution in [2.75, 3.05) is 0 Å². The van der Waals surface area contributed by atoms with Crippen molar-refractivity contribution in [3.63, 3.8) is 0 Å². The number of halogens is 3. The van der Waals surface area contributed by atoms with Gasteiger partial charge in [-0.25, -0.2) is 4.98 Å². The minimum Gasteiger partial charge on any atom is -0.297 e. The van der Waals surface area contributed by atoms with Crippen molar-refractivity contribution in [1.29, 1.82) is 0 Å². The van der Waals surface area contributed by atoms with Gasteiger partial charge < -0.3 is 0 Å². The van der Waals surface area contributed by atoms with Crippen molar-refractivity contribution < 1.29 is 18.0 Å². The molecule has 0 bridgehead atoms. The highest BCUT2D eigenvalue weighted by molar-refractivity contribution is 5.73. The molecule has 0 aliphatic carbocycles. The van der Waals surface area contributed by atoms with Crippen LogP contribution in [-0.2, 0) is 12.6 Å². The minimum atomic E-state index is -4.40. The Labute approximate surface area is 124 Å². The Kier molecular flexibility index (Phi) is 3.44.